The van der Waals surface area contributed by atoms with Crippen molar-refractivity contribution in [2.24, 2.45) is 0 Å². The molecular formula is C16H13ClO2. The van der Waals surface area contributed by atoms with Crippen molar-refractivity contribution in [1.29, 1.82) is 0 Å². The first kappa shape index (κ1) is 13.3. The van der Waals surface area contributed by atoms with Crippen LogP contribution >= 0.6 is 11.6 Å². The van der Waals surface area contributed by atoms with Crippen LogP contribution in [-0.2, 0) is 6.61 Å². The van der Waals surface area contributed by atoms with Crippen LogP contribution in [0, 0.1) is 11.8 Å². The Morgan fingerprint density at radius 3 is 2.63 bits per heavy atom. The summed E-state index contributed by atoms with van der Waals surface area (Å²) >= 11 is 5.52. The van der Waals surface area contributed by atoms with E-state index in [1.807, 2.05) is 36.4 Å². The fraction of sp³-hybridized carbons (Fsp3) is 0.125. The number of phenolic OH excluding ortho intramolecular Hbond substituents is 1. The van der Waals surface area contributed by atoms with E-state index >= 15 is 0 Å². The van der Waals surface area contributed by atoms with Crippen molar-refractivity contribution >= 4 is 11.6 Å². The van der Waals surface area contributed by atoms with Crippen molar-refractivity contribution < 1.29 is 9.84 Å². The topological polar surface area (TPSA) is 29.5 Å². The molecule has 96 valence electrons. The molecule has 0 saturated carbocycles. The monoisotopic (exact) mass is 272 g/mol. The van der Waals surface area contributed by atoms with E-state index in [1.54, 1.807) is 12.1 Å². The van der Waals surface area contributed by atoms with Crippen LogP contribution in [0.15, 0.2) is 48.5 Å². The minimum Gasteiger partial charge on any atom is -0.508 e. The number of benzene rings is 2. The van der Waals surface area contributed by atoms with Gasteiger partial charge in [-0.25, -0.2) is 0 Å². The van der Waals surface area contributed by atoms with E-state index in [0.29, 0.717) is 12.5 Å². The molecule has 2 rings (SSSR count). The van der Waals surface area contributed by atoms with E-state index in [0.717, 1.165) is 16.9 Å². The standard InChI is InChI=1S/C16H13ClO2/c17-10-2-4-13-3-1-5-16(11-13)19-12-14-6-8-15(18)9-7-14/h1,3,5-9,11,18H,10,12H2. The van der Waals surface area contributed by atoms with E-state index in [4.69, 9.17) is 16.3 Å². The van der Waals surface area contributed by atoms with E-state index in [1.165, 1.54) is 0 Å². The fourth-order valence-electron chi connectivity index (χ4n) is 1.56. The molecule has 2 nitrogen and oxygen atoms in total. The van der Waals surface area contributed by atoms with Crippen molar-refractivity contribution in [3.63, 3.8) is 0 Å². The molecule has 0 aliphatic heterocycles. The van der Waals surface area contributed by atoms with Gasteiger partial charge in [0.15, 0.2) is 0 Å². The molecule has 1 N–H and O–H groups in total. The molecule has 2 aromatic rings. The molecule has 0 unspecified atom stereocenters. The summed E-state index contributed by atoms with van der Waals surface area (Å²) in [5.74, 6) is 7.08. The molecule has 0 saturated heterocycles. The second-order valence-electron chi connectivity index (χ2n) is 3.92. The molecular weight excluding hydrogens is 260 g/mol. The second-order valence-corrected chi connectivity index (χ2v) is 4.19. The molecule has 3 heteroatoms. The summed E-state index contributed by atoms with van der Waals surface area (Å²) in [6.07, 6.45) is 0. The first-order valence-corrected chi connectivity index (χ1v) is 6.37. The number of hydrogen-bond donors (Lipinski definition) is 1. The summed E-state index contributed by atoms with van der Waals surface area (Å²) in [5.41, 5.74) is 1.87. The maximum atomic E-state index is 9.19. The zero-order valence-electron chi connectivity index (χ0n) is 10.3. The van der Waals surface area contributed by atoms with Gasteiger partial charge in [0.05, 0.1) is 5.88 Å². The highest BCUT2D eigenvalue weighted by Gasteiger charge is 1.97. The van der Waals surface area contributed by atoms with Gasteiger partial charge >= 0.3 is 0 Å². The highest BCUT2D eigenvalue weighted by Crippen LogP contribution is 2.16. The van der Waals surface area contributed by atoms with Gasteiger partial charge in [0, 0.05) is 5.56 Å². The number of phenols is 1. The van der Waals surface area contributed by atoms with E-state index in [9.17, 15) is 5.11 Å². The van der Waals surface area contributed by atoms with Gasteiger partial charge in [-0.15, -0.1) is 11.6 Å². The molecule has 0 spiro atoms. The Kier molecular flexibility index (Phi) is 4.72. The summed E-state index contributed by atoms with van der Waals surface area (Å²) in [5, 5.41) is 9.19. The Morgan fingerprint density at radius 1 is 1.11 bits per heavy atom. The number of hydrogen-bond acceptors (Lipinski definition) is 2. The van der Waals surface area contributed by atoms with E-state index in [2.05, 4.69) is 11.8 Å². The zero-order chi connectivity index (χ0) is 13.5. The molecule has 2 aromatic carbocycles. The molecule has 19 heavy (non-hydrogen) atoms. The van der Waals surface area contributed by atoms with Gasteiger partial charge in [-0.3, -0.25) is 0 Å². The lowest BCUT2D eigenvalue weighted by molar-refractivity contribution is 0.306. The molecule has 0 aromatic heterocycles. The Balaban J connectivity index is 2.01. The highest BCUT2D eigenvalue weighted by atomic mass is 35.5. The fourth-order valence-corrected chi connectivity index (χ4v) is 1.62. The zero-order valence-corrected chi connectivity index (χ0v) is 11.0. The number of ether oxygens (including phenoxy) is 1. The number of halogens is 1. The Bertz CT molecular complexity index is 594. The molecule has 0 bridgehead atoms. The average molecular weight is 273 g/mol. The van der Waals surface area contributed by atoms with Crippen molar-refractivity contribution in [2.75, 3.05) is 5.88 Å². The van der Waals surface area contributed by atoms with Gasteiger partial charge in [0.25, 0.3) is 0 Å². The number of rotatable bonds is 3. The third-order valence-electron chi connectivity index (χ3n) is 2.48. The van der Waals surface area contributed by atoms with Gasteiger partial charge in [0.2, 0.25) is 0 Å². The maximum absolute atomic E-state index is 9.19. The Hall–Kier alpha value is -2.11. The van der Waals surface area contributed by atoms with E-state index in [-0.39, 0.29) is 5.75 Å². The third kappa shape index (κ3) is 4.24. The average Bonchev–Trinajstić information content (AvgIpc) is 2.45. The quantitative estimate of drug-likeness (QED) is 0.684. The number of alkyl halides is 1. The SMILES string of the molecule is Oc1ccc(COc2cccc(C#CCCl)c2)cc1. The largest absolute Gasteiger partial charge is 0.508 e. The predicted octanol–water partition coefficient (Wildman–Crippen LogP) is 3.56. The first-order chi connectivity index (χ1) is 9.28. The highest BCUT2D eigenvalue weighted by molar-refractivity contribution is 6.19. The molecule has 0 aliphatic carbocycles. The van der Waals surface area contributed by atoms with Crippen molar-refractivity contribution in [3.8, 4) is 23.3 Å². The van der Waals surface area contributed by atoms with Crippen LogP contribution in [0.1, 0.15) is 11.1 Å². The van der Waals surface area contributed by atoms with Crippen molar-refractivity contribution in [3.05, 3.63) is 59.7 Å². The molecule has 0 amide bonds. The summed E-state index contributed by atoms with van der Waals surface area (Å²) in [4.78, 5) is 0. The summed E-state index contributed by atoms with van der Waals surface area (Å²) in [6.45, 7) is 0.451. The summed E-state index contributed by atoms with van der Waals surface area (Å²) in [6, 6.07) is 14.5. The van der Waals surface area contributed by atoms with E-state index < -0.39 is 0 Å². The lowest BCUT2D eigenvalue weighted by Crippen LogP contribution is -1.95. The van der Waals surface area contributed by atoms with Gasteiger partial charge in [-0.05, 0) is 35.9 Å². The van der Waals surface area contributed by atoms with Crippen LogP contribution in [0.3, 0.4) is 0 Å². The second kappa shape index (κ2) is 6.72. The molecule has 0 heterocycles. The minimum atomic E-state index is 0.252. The molecule has 0 fully saturated rings. The van der Waals surface area contributed by atoms with Crippen molar-refractivity contribution in [1.82, 2.24) is 0 Å². The third-order valence-corrected chi connectivity index (χ3v) is 2.61. The molecule has 0 atom stereocenters. The number of aromatic hydroxyl groups is 1. The smallest absolute Gasteiger partial charge is 0.121 e. The van der Waals surface area contributed by atoms with Crippen LogP contribution < -0.4 is 4.74 Å². The van der Waals surface area contributed by atoms with Crippen LogP contribution in [0.2, 0.25) is 0 Å². The normalized spacial score (nSPS) is 9.53. The van der Waals surface area contributed by atoms with Gasteiger partial charge in [-0.2, -0.15) is 0 Å². The van der Waals surface area contributed by atoms with Crippen LogP contribution in [0.4, 0.5) is 0 Å². The van der Waals surface area contributed by atoms with Gasteiger partial charge < -0.3 is 9.84 Å². The summed E-state index contributed by atoms with van der Waals surface area (Å²) in [7, 11) is 0. The summed E-state index contributed by atoms with van der Waals surface area (Å²) < 4.78 is 5.67. The van der Waals surface area contributed by atoms with Crippen LogP contribution in [0.5, 0.6) is 11.5 Å². The predicted molar refractivity (Wildman–Crippen MR) is 76.5 cm³/mol. The van der Waals surface area contributed by atoms with Crippen LogP contribution in [0.25, 0.3) is 0 Å². The molecule has 0 aliphatic rings. The Labute approximate surface area is 117 Å². The first-order valence-electron chi connectivity index (χ1n) is 5.83. The van der Waals surface area contributed by atoms with Crippen LogP contribution in [-0.4, -0.2) is 11.0 Å². The lowest BCUT2D eigenvalue weighted by atomic mass is 10.2. The Morgan fingerprint density at radius 2 is 1.89 bits per heavy atom. The minimum absolute atomic E-state index is 0.252. The van der Waals surface area contributed by atoms with Gasteiger partial charge in [-0.1, -0.05) is 30.0 Å². The maximum Gasteiger partial charge on any atom is 0.121 e. The van der Waals surface area contributed by atoms with Crippen molar-refractivity contribution in [2.45, 2.75) is 6.61 Å². The lowest BCUT2D eigenvalue weighted by Gasteiger charge is -2.06. The van der Waals surface area contributed by atoms with Gasteiger partial charge in [0.1, 0.15) is 18.1 Å². The molecule has 0 radical (unpaired) electrons.